The van der Waals surface area contributed by atoms with Crippen LogP contribution in [0.25, 0.3) is 10.2 Å². The van der Waals surface area contributed by atoms with Crippen molar-refractivity contribution in [3.63, 3.8) is 0 Å². The van der Waals surface area contributed by atoms with Gasteiger partial charge in [-0.2, -0.15) is 0 Å². The van der Waals surface area contributed by atoms with Gasteiger partial charge < -0.3 is 10.2 Å². The van der Waals surface area contributed by atoms with Crippen LogP contribution >= 0.6 is 22.9 Å². The second kappa shape index (κ2) is 7.82. The van der Waals surface area contributed by atoms with Crippen LogP contribution in [0, 0.1) is 11.7 Å². The van der Waals surface area contributed by atoms with Gasteiger partial charge in [-0.3, -0.25) is 4.79 Å². The van der Waals surface area contributed by atoms with E-state index in [1.165, 1.54) is 23.5 Å². The van der Waals surface area contributed by atoms with Gasteiger partial charge in [0.05, 0.1) is 10.2 Å². The molecule has 1 amide bonds. The van der Waals surface area contributed by atoms with Crippen molar-refractivity contribution in [1.29, 1.82) is 0 Å². The van der Waals surface area contributed by atoms with E-state index in [-0.39, 0.29) is 17.6 Å². The third kappa shape index (κ3) is 4.22. The summed E-state index contributed by atoms with van der Waals surface area (Å²) in [6, 6.07) is 12.2. The summed E-state index contributed by atoms with van der Waals surface area (Å²) in [5.74, 6) is -0.134. The number of nitrogens with one attached hydrogen (secondary N) is 1. The van der Waals surface area contributed by atoms with Crippen LogP contribution in [-0.2, 0) is 11.3 Å². The standard InChI is InChI=1S/C20H19ClFN3OS/c21-15-3-1-13(2-4-15)12-23-19(26)14-7-9-25(10-8-14)20-24-17-6-5-16(22)11-18(17)27-20/h1-6,11,14H,7-10,12H2,(H,23,26). The number of amides is 1. The third-order valence-electron chi connectivity index (χ3n) is 4.86. The first-order chi connectivity index (χ1) is 13.1. The summed E-state index contributed by atoms with van der Waals surface area (Å²) in [6.45, 7) is 2.07. The van der Waals surface area contributed by atoms with Crippen LogP contribution in [0.4, 0.5) is 9.52 Å². The molecular weight excluding hydrogens is 385 g/mol. The molecule has 1 N–H and O–H groups in total. The predicted molar refractivity (Wildman–Crippen MR) is 108 cm³/mol. The van der Waals surface area contributed by atoms with Crippen molar-refractivity contribution in [2.45, 2.75) is 19.4 Å². The molecule has 1 aromatic heterocycles. The molecule has 2 heterocycles. The summed E-state index contributed by atoms with van der Waals surface area (Å²) >= 11 is 7.38. The maximum atomic E-state index is 13.4. The number of anilines is 1. The molecule has 1 fully saturated rings. The summed E-state index contributed by atoms with van der Waals surface area (Å²) in [6.07, 6.45) is 1.58. The summed E-state index contributed by atoms with van der Waals surface area (Å²) in [5, 5.41) is 4.60. The smallest absolute Gasteiger partial charge is 0.223 e. The minimum Gasteiger partial charge on any atom is -0.352 e. The van der Waals surface area contributed by atoms with Crippen molar-refractivity contribution in [3.05, 3.63) is 58.9 Å². The highest BCUT2D eigenvalue weighted by molar-refractivity contribution is 7.22. The molecule has 1 aliphatic heterocycles. The number of thiazole rings is 1. The number of hydrogen-bond donors (Lipinski definition) is 1. The molecule has 1 aliphatic rings. The Morgan fingerprint density at radius 1 is 1.22 bits per heavy atom. The molecule has 3 aromatic rings. The van der Waals surface area contributed by atoms with Crippen molar-refractivity contribution >= 4 is 44.2 Å². The average molecular weight is 404 g/mol. The molecule has 7 heteroatoms. The fraction of sp³-hybridized carbons (Fsp3) is 0.300. The second-order valence-corrected chi connectivity index (χ2v) is 8.16. The Bertz CT molecular complexity index is 952. The van der Waals surface area contributed by atoms with Crippen molar-refractivity contribution in [1.82, 2.24) is 10.3 Å². The molecule has 2 aromatic carbocycles. The Morgan fingerprint density at radius 2 is 1.96 bits per heavy atom. The van der Waals surface area contributed by atoms with Crippen LogP contribution in [0.1, 0.15) is 18.4 Å². The molecule has 0 spiro atoms. The summed E-state index contributed by atoms with van der Waals surface area (Å²) in [7, 11) is 0. The van der Waals surface area contributed by atoms with Crippen LogP contribution in [-0.4, -0.2) is 24.0 Å². The number of piperidine rings is 1. The van der Waals surface area contributed by atoms with Crippen LogP contribution in [0.15, 0.2) is 42.5 Å². The van der Waals surface area contributed by atoms with Crippen LogP contribution in [0.5, 0.6) is 0 Å². The molecule has 1 saturated heterocycles. The summed E-state index contributed by atoms with van der Waals surface area (Å²) in [4.78, 5) is 19.2. The van der Waals surface area contributed by atoms with Gasteiger partial charge in [-0.15, -0.1) is 0 Å². The number of rotatable bonds is 4. The predicted octanol–water partition coefficient (Wildman–Crippen LogP) is 4.62. The molecule has 4 rings (SSSR count). The number of carbonyl (C=O) groups is 1. The van der Waals surface area contributed by atoms with E-state index in [2.05, 4.69) is 15.2 Å². The van der Waals surface area contributed by atoms with Crippen LogP contribution < -0.4 is 10.2 Å². The second-order valence-electron chi connectivity index (χ2n) is 6.71. The molecule has 0 saturated carbocycles. The normalized spacial score (nSPS) is 15.3. The first kappa shape index (κ1) is 18.2. The van der Waals surface area contributed by atoms with Gasteiger partial charge in [-0.05, 0) is 48.7 Å². The highest BCUT2D eigenvalue weighted by Gasteiger charge is 2.26. The zero-order chi connectivity index (χ0) is 18.8. The number of benzene rings is 2. The van der Waals surface area contributed by atoms with Crippen molar-refractivity contribution in [2.24, 2.45) is 5.92 Å². The van der Waals surface area contributed by atoms with E-state index in [9.17, 15) is 9.18 Å². The maximum Gasteiger partial charge on any atom is 0.223 e. The lowest BCUT2D eigenvalue weighted by atomic mass is 9.96. The Hall–Kier alpha value is -2.18. The minimum absolute atomic E-state index is 0.0142. The molecule has 0 aliphatic carbocycles. The lowest BCUT2D eigenvalue weighted by Gasteiger charge is -2.31. The number of halogens is 2. The zero-order valence-corrected chi connectivity index (χ0v) is 16.2. The van der Waals surface area contributed by atoms with Gasteiger partial charge in [0.15, 0.2) is 5.13 Å². The Morgan fingerprint density at radius 3 is 2.70 bits per heavy atom. The lowest BCUT2D eigenvalue weighted by Crippen LogP contribution is -2.40. The lowest BCUT2D eigenvalue weighted by molar-refractivity contribution is -0.125. The fourth-order valence-corrected chi connectivity index (χ4v) is 4.46. The van der Waals surface area contributed by atoms with Gasteiger partial charge in [0.1, 0.15) is 5.82 Å². The molecule has 27 heavy (non-hydrogen) atoms. The van der Waals surface area contributed by atoms with E-state index in [0.29, 0.717) is 11.6 Å². The first-order valence-electron chi connectivity index (χ1n) is 8.92. The van der Waals surface area contributed by atoms with Crippen LogP contribution in [0.2, 0.25) is 5.02 Å². The number of hydrogen-bond acceptors (Lipinski definition) is 4. The molecule has 0 radical (unpaired) electrons. The number of aromatic nitrogens is 1. The average Bonchev–Trinajstić information content (AvgIpc) is 3.10. The van der Waals surface area contributed by atoms with E-state index in [1.54, 1.807) is 6.07 Å². The van der Waals surface area contributed by atoms with E-state index < -0.39 is 0 Å². The Labute approximate surface area is 166 Å². The quantitative estimate of drug-likeness (QED) is 0.691. The van der Waals surface area contributed by atoms with Gasteiger partial charge in [-0.25, -0.2) is 9.37 Å². The van der Waals surface area contributed by atoms with Crippen molar-refractivity contribution in [3.8, 4) is 0 Å². The van der Waals surface area contributed by atoms with E-state index in [1.807, 2.05) is 24.3 Å². The highest BCUT2D eigenvalue weighted by Crippen LogP contribution is 2.32. The zero-order valence-electron chi connectivity index (χ0n) is 14.6. The molecular formula is C20H19ClFN3OS. The van der Waals surface area contributed by atoms with Gasteiger partial charge in [-0.1, -0.05) is 35.1 Å². The largest absolute Gasteiger partial charge is 0.352 e. The third-order valence-corrected chi connectivity index (χ3v) is 6.19. The van der Waals surface area contributed by atoms with Crippen molar-refractivity contribution < 1.29 is 9.18 Å². The van der Waals surface area contributed by atoms with Gasteiger partial charge in [0.25, 0.3) is 0 Å². The van der Waals surface area contributed by atoms with Crippen molar-refractivity contribution in [2.75, 3.05) is 18.0 Å². The van der Waals surface area contributed by atoms with Crippen LogP contribution in [0.3, 0.4) is 0 Å². The van der Waals surface area contributed by atoms with Gasteiger partial charge >= 0.3 is 0 Å². The molecule has 0 bridgehead atoms. The fourth-order valence-electron chi connectivity index (χ4n) is 3.29. The highest BCUT2D eigenvalue weighted by atomic mass is 35.5. The molecule has 0 atom stereocenters. The minimum atomic E-state index is -0.242. The SMILES string of the molecule is O=C(NCc1ccc(Cl)cc1)C1CCN(c2nc3ccc(F)cc3s2)CC1. The molecule has 4 nitrogen and oxygen atoms in total. The molecule has 0 unspecified atom stereocenters. The number of fused-ring (bicyclic) bond motifs is 1. The number of nitrogens with zero attached hydrogens (tertiary/aromatic N) is 2. The van der Waals surface area contributed by atoms with Gasteiger partial charge in [0, 0.05) is 30.6 Å². The van der Waals surface area contributed by atoms with E-state index in [0.717, 1.165) is 46.8 Å². The Balaban J connectivity index is 1.32. The summed E-state index contributed by atoms with van der Waals surface area (Å²) < 4.78 is 14.2. The van der Waals surface area contributed by atoms with E-state index in [4.69, 9.17) is 11.6 Å². The maximum absolute atomic E-state index is 13.4. The van der Waals surface area contributed by atoms with Gasteiger partial charge in [0.2, 0.25) is 5.91 Å². The Kier molecular flexibility index (Phi) is 5.27. The monoisotopic (exact) mass is 403 g/mol. The number of carbonyl (C=O) groups excluding carboxylic acids is 1. The summed E-state index contributed by atoms with van der Waals surface area (Å²) in [5.41, 5.74) is 1.85. The molecule has 140 valence electrons. The van der Waals surface area contributed by atoms with E-state index >= 15 is 0 Å². The first-order valence-corrected chi connectivity index (χ1v) is 10.1. The topological polar surface area (TPSA) is 45.2 Å².